The Bertz CT molecular complexity index is 593. The van der Waals surface area contributed by atoms with Crippen LogP contribution in [0.4, 0.5) is 0 Å². The third-order valence-corrected chi connectivity index (χ3v) is 4.69. The van der Waals surface area contributed by atoms with Gasteiger partial charge in [-0.2, -0.15) is 0 Å². The van der Waals surface area contributed by atoms with Gasteiger partial charge in [-0.05, 0) is 43.8 Å². The smallest absolute Gasteiger partial charge is 0.195 e. The Labute approximate surface area is 131 Å². The van der Waals surface area contributed by atoms with Crippen molar-refractivity contribution in [1.82, 2.24) is 20.1 Å². The minimum absolute atomic E-state index is 0.441. The molecule has 2 heterocycles. The quantitative estimate of drug-likeness (QED) is 0.861. The lowest BCUT2D eigenvalue weighted by atomic mass is 9.99. The summed E-state index contributed by atoms with van der Waals surface area (Å²) in [5.41, 5.74) is 1.12. The van der Waals surface area contributed by atoms with E-state index in [1.165, 1.54) is 12.8 Å². The molecule has 1 aliphatic heterocycles. The summed E-state index contributed by atoms with van der Waals surface area (Å²) in [5, 5.41) is 13.2. The molecule has 6 heteroatoms. The Kier molecular flexibility index (Phi) is 4.43. The van der Waals surface area contributed by atoms with Crippen molar-refractivity contribution >= 4 is 27.7 Å². The van der Waals surface area contributed by atoms with Crippen LogP contribution in [-0.4, -0.2) is 34.1 Å². The van der Waals surface area contributed by atoms with Gasteiger partial charge in [-0.15, -0.1) is 10.2 Å². The molecule has 0 amide bonds. The van der Waals surface area contributed by atoms with Crippen molar-refractivity contribution in [2.45, 2.75) is 23.9 Å². The second kappa shape index (κ2) is 6.28. The first kappa shape index (κ1) is 14.1. The van der Waals surface area contributed by atoms with Gasteiger partial charge in [0.2, 0.25) is 0 Å². The van der Waals surface area contributed by atoms with E-state index in [0.29, 0.717) is 5.92 Å². The number of halogens is 1. The molecule has 0 radical (unpaired) electrons. The highest BCUT2D eigenvalue weighted by atomic mass is 79.9. The Morgan fingerprint density at radius 1 is 1.40 bits per heavy atom. The van der Waals surface area contributed by atoms with Gasteiger partial charge in [0.15, 0.2) is 5.16 Å². The molecule has 1 saturated heterocycles. The molecule has 1 unspecified atom stereocenters. The topological polar surface area (TPSA) is 42.7 Å². The predicted octanol–water partition coefficient (Wildman–Crippen LogP) is 3.22. The molecule has 1 N–H and O–H groups in total. The minimum Gasteiger partial charge on any atom is -0.316 e. The van der Waals surface area contributed by atoms with Gasteiger partial charge >= 0.3 is 0 Å². The maximum Gasteiger partial charge on any atom is 0.195 e. The molecule has 106 valence electrons. The van der Waals surface area contributed by atoms with E-state index < -0.39 is 0 Å². The van der Waals surface area contributed by atoms with Crippen LogP contribution in [-0.2, 0) is 0 Å². The van der Waals surface area contributed by atoms with Gasteiger partial charge in [-0.1, -0.05) is 33.8 Å². The van der Waals surface area contributed by atoms with Crippen LogP contribution < -0.4 is 5.32 Å². The van der Waals surface area contributed by atoms with Gasteiger partial charge in [-0.3, -0.25) is 4.57 Å². The van der Waals surface area contributed by atoms with Crippen molar-refractivity contribution in [2.24, 2.45) is 0 Å². The summed E-state index contributed by atoms with van der Waals surface area (Å²) >= 11 is 5.18. The van der Waals surface area contributed by atoms with Crippen LogP contribution >= 0.6 is 27.7 Å². The molecule has 1 aromatic carbocycles. The maximum atomic E-state index is 4.45. The third-order valence-electron chi connectivity index (χ3n) is 3.57. The van der Waals surface area contributed by atoms with Crippen molar-refractivity contribution in [2.75, 3.05) is 19.3 Å². The molecule has 1 atom stereocenters. The highest BCUT2D eigenvalue weighted by molar-refractivity contribution is 9.10. The standard InChI is InChI=1S/C14H17BrN4S/c1-20-14-18-17-13(10-4-3-7-16-9-10)19(14)12-6-2-5-11(15)8-12/h2,5-6,8,10,16H,3-4,7,9H2,1H3. The lowest BCUT2D eigenvalue weighted by Crippen LogP contribution is -2.30. The van der Waals surface area contributed by atoms with Crippen molar-refractivity contribution in [3.63, 3.8) is 0 Å². The van der Waals surface area contributed by atoms with E-state index in [4.69, 9.17) is 0 Å². The maximum absolute atomic E-state index is 4.45. The molecule has 2 aromatic rings. The number of benzene rings is 1. The summed E-state index contributed by atoms with van der Waals surface area (Å²) < 4.78 is 3.26. The zero-order valence-corrected chi connectivity index (χ0v) is 13.7. The lowest BCUT2D eigenvalue weighted by molar-refractivity contribution is 0.441. The average molecular weight is 353 g/mol. The molecule has 1 fully saturated rings. The minimum atomic E-state index is 0.441. The van der Waals surface area contributed by atoms with Crippen LogP contribution in [0.25, 0.3) is 5.69 Å². The van der Waals surface area contributed by atoms with E-state index in [9.17, 15) is 0 Å². The first-order chi connectivity index (χ1) is 9.79. The van der Waals surface area contributed by atoms with E-state index in [1.807, 2.05) is 18.4 Å². The van der Waals surface area contributed by atoms with Gasteiger partial charge in [0.25, 0.3) is 0 Å². The molecule has 0 bridgehead atoms. The van der Waals surface area contributed by atoms with E-state index in [2.05, 4.69) is 48.1 Å². The van der Waals surface area contributed by atoms with E-state index in [-0.39, 0.29) is 0 Å². The number of hydrogen-bond donors (Lipinski definition) is 1. The SMILES string of the molecule is CSc1nnc(C2CCCNC2)n1-c1cccc(Br)c1. The number of hydrogen-bond acceptors (Lipinski definition) is 4. The Hall–Kier alpha value is -0.850. The second-order valence-corrected chi connectivity index (χ2v) is 6.59. The van der Waals surface area contributed by atoms with Gasteiger partial charge in [0.1, 0.15) is 5.82 Å². The number of aromatic nitrogens is 3. The van der Waals surface area contributed by atoms with Crippen molar-refractivity contribution in [1.29, 1.82) is 0 Å². The fourth-order valence-electron chi connectivity index (χ4n) is 2.61. The highest BCUT2D eigenvalue weighted by Gasteiger charge is 2.23. The number of nitrogens with zero attached hydrogens (tertiary/aromatic N) is 3. The molecule has 1 aromatic heterocycles. The molecule has 0 saturated carbocycles. The molecule has 0 aliphatic carbocycles. The fourth-order valence-corrected chi connectivity index (χ4v) is 3.50. The first-order valence-corrected chi connectivity index (χ1v) is 8.77. The monoisotopic (exact) mass is 352 g/mol. The molecule has 20 heavy (non-hydrogen) atoms. The highest BCUT2D eigenvalue weighted by Crippen LogP contribution is 2.29. The fraction of sp³-hybridized carbons (Fsp3) is 0.429. The summed E-state index contributed by atoms with van der Waals surface area (Å²) in [6.07, 6.45) is 4.42. The predicted molar refractivity (Wildman–Crippen MR) is 85.7 cm³/mol. The summed E-state index contributed by atoms with van der Waals surface area (Å²) in [6.45, 7) is 2.09. The summed E-state index contributed by atoms with van der Waals surface area (Å²) in [4.78, 5) is 0. The molecular weight excluding hydrogens is 336 g/mol. The van der Waals surface area contributed by atoms with E-state index in [1.54, 1.807) is 11.8 Å². The summed E-state index contributed by atoms with van der Waals surface area (Å²) in [5.74, 6) is 1.51. The van der Waals surface area contributed by atoms with Crippen LogP contribution in [0.3, 0.4) is 0 Å². The second-order valence-electron chi connectivity index (χ2n) is 4.90. The summed E-state index contributed by atoms with van der Waals surface area (Å²) in [6, 6.07) is 8.30. The summed E-state index contributed by atoms with van der Waals surface area (Å²) in [7, 11) is 0. The molecule has 0 spiro atoms. The van der Waals surface area contributed by atoms with Crippen LogP contribution in [0.1, 0.15) is 24.6 Å². The van der Waals surface area contributed by atoms with Gasteiger partial charge in [-0.25, -0.2) is 0 Å². The number of piperidine rings is 1. The number of thioether (sulfide) groups is 1. The van der Waals surface area contributed by atoms with Crippen molar-refractivity contribution in [3.05, 3.63) is 34.6 Å². The lowest BCUT2D eigenvalue weighted by Gasteiger charge is -2.23. The average Bonchev–Trinajstić information content (AvgIpc) is 2.92. The van der Waals surface area contributed by atoms with Crippen LogP contribution in [0.2, 0.25) is 0 Å². The molecule has 3 rings (SSSR count). The van der Waals surface area contributed by atoms with Gasteiger partial charge < -0.3 is 5.32 Å². The van der Waals surface area contributed by atoms with E-state index >= 15 is 0 Å². The van der Waals surface area contributed by atoms with Crippen LogP contribution in [0, 0.1) is 0 Å². The third kappa shape index (κ3) is 2.77. The largest absolute Gasteiger partial charge is 0.316 e. The van der Waals surface area contributed by atoms with Crippen LogP contribution in [0.5, 0.6) is 0 Å². The van der Waals surface area contributed by atoms with Crippen molar-refractivity contribution in [3.8, 4) is 5.69 Å². The van der Waals surface area contributed by atoms with Gasteiger partial charge in [0, 0.05) is 16.9 Å². The number of rotatable bonds is 3. The normalized spacial score (nSPS) is 19.2. The van der Waals surface area contributed by atoms with Crippen molar-refractivity contribution < 1.29 is 0 Å². The Balaban J connectivity index is 2.05. The zero-order chi connectivity index (χ0) is 13.9. The first-order valence-electron chi connectivity index (χ1n) is 6.75. The zero-order valence-electron chi connectivity index (χ0n) is 11.3. The number of nitrogens with one attached hydrogen (secondary N) is 1. The Morgan fingerprint density at radius 3 is 3.00 bits per heavy atom. The Morgan fingerprint density at radius 2 is 2.30 bits per heavy atom. The molecule has 4 nitrogen and oxygen atoms in total. The van der Waals surface area contributed by atoms with Gasteiger partial charge in [0.05, 0.1) is 5.69 Å². The molecule has 1 aliphatic rings. The van der Waals surface area contributed by atoms with E-state index in [0.717, 1.165) is 34.2 Å². The molecular formula is C14H17BrN4S. The van der Waals surface area contributed by atoms with Crippen LogP contribution in [0.15, 0.2) is 33.9 Å².